The van der Waals surface area contributed by atoms with Gasteiger partial charge in [-0.2, -0.15) is 0 Å². The number of hydrogen-bond donors (Lipinski definition) is 0. The molecule has 4 unspecified atom stereocenters. The minimum atomic E-state index is 0.871. The molecule has 86 valence electrons. The van der Waals surface area contributed by atoms with Crippen LogP contribution in [0.5, 0.6) is 0 Å². The molecule has 0 aromatic carbocycles. The van der Waals surface area contributed by atoms with Gasteiger partial charge in [0.1, 0.15) is 0 Å². The quantitative estimate of drug-likeness (QED) is 0.547. The van der Waals surface area contributed by atoms with Crippen LogP contribution in [0, 0.1) is 29.6 Å². The lowest BCUT2D eigenvalue weighted by atomic mass is 9.59. The fourth-order valence-electron chi connectivity index (χ4n) is 3.98. The molecule has 0 aromatic rings. The molecule has 2 aliphatic rings. The van der Waals surface area contributed by atoms with Crippen molar-refractivity contribution in [2.45, 2.75) is 52.9 Å². The second-order valence-corrected chi connectivity index (χ2v) is 6.29. The van der Waals surface area contributed by atoms with Crippen molar-refractivity contribution in [3.63, 3.8) is 0 Å². The highest BCUT2D eigenvalue weighted by atomic mass is 14.4. The van der Waals surface area contributed by atoms with E-state index in [4.69, 9.17) is 0 Å². The average Bonchev–Trinajstić information content (AvgIpc) is 2.17. The van der Waals surface area contributed by atoms with E-state index in [9.17, 15) is 0 Å². The van der Waals surface area contributed by atoms with Gasteiger partial charge in [0.2, 0.25) is 0 Å². The highest BCUT2D eigenvalue weighted by molar-refractivity contribution is 5.10. The molecule has 0 heteroatoms. The van der Waals surface area contributed by atoms with Crippen molar-refractivity contribution in [1.82, 2.24) is 0 Å². The van der Waals surface area contributed by atoms with Gasteiger partial charge in [0.15, 0.2) is 0 Å². The van der Waals surface area contributed by atoms with E-state index in [0.29, 0.717) is 0 Å². The Balaban J connectivity index is 2.14. The van der Waals surface area contributed by atoms with E-state index in [-0.39, 0.29) is 0 Å². The van der Waals surface area contributed by atoms with Crippen molar-refractivity contribution in [2.75, 3.05) is 0 Å². The normalized spacial score (nSPS) is 41.7. The first-order valence-electron chi connectivity index (χ1n) is 6.77. The van der Waals surface area contributed by atoms with Gasteiger partial charge in [-0.15, -0.1) is 0 Å². The Hall–Kier alpha value is -0.260. The Morgan fingerprint density at radius 2 is 1.93 bits per heavy atom. The summed E-state index contributed by atoms with van der Waals surface area (Å²) in [6.07, 6.45) is 7.04. The van der Waals surface area contributed by atoms with Crippen LogP contribution in [0.1, 0.15) is 52.9 Å². The summed E-state index contributed by atoms with van der Waals surface area (Å²) < 4.78 is 0. The van der Waals surface area contributed by atoms with Gasteiger partial charge < -0.3 is 0 Å². The molecule has 0 heterocycles. The highest BCUT2D eigenvalue weighted by Gasteiger charge is 2.39. The summed E-state index contributed by atoms with van der Waals surface area (Å²) >= 11 is 0. The number of fused-ring (bicyclic) bond motifs is 1. The Labute approximate surface area is 95.1 Å². The van der Waals surface area contributed by atoms with Crippen molar-refractivity contribution < 1.29 is 0 Å². The third-order valence-electron chi connectivity index (χ3n) is 4.89. The first kappa shape index (κ1) is 11.2. The monoisotopic (exact) mass is 206 g/mol. The van der Waals surface area contributed by atoms with Crippen LogP contribution in [-0.2, 0) is 0 Å². The molecule has 4 atom stereocenters. The molecule has 2 aliphatic carbocycles. The van der Waals surface area contributed by atoms with Crippen LogP contribution in [0.4, 0.5) is 0 Å². The van der Waals surface area contributed by atoms with E-state index < -0.39 is 0 Å². The van der Waals surface area contributed by atoms with Gasteiger partial charge in [0, 0.05) is 0 Å². The lowest BCUT2D eigenvalue weighted by Gasteiger charge is -2.46. The number of allylic oxidation sites excluding steroid dienone is 1. The zero-order chi connectivity index (χ0) is 11.0. The fraction of sp³-hybridized carbons (Fsp3) is 0.867. The van der Waals surface area contributed by atoms with Crippen LogP contribution in [0.15, 0.2) is 12.2 Å². The lowest BCUT2D eigenvalue weighted by Crippen LogP contribution is -2.36. The molecule has 2 saturated carbocycles. The molecule has 0 saturated heterocycles. The average molecular weight is 206 g/mol. The third-order valence-corrected chi connectivity index (χ3v) is 4.89. The number of hydrogen-bond acceptors (Lipinski definition) is 0. The van der Waals surface area contributed by atoms with E-state index in [0.717, 1.165) is 29.6 Å². The van der Waals surface area contributed by atoms with Crippen molar-refractivity contribution >= 4 is 0 Å². The first-order chi connectivity index (χ1) is 7.09. The molecule has 0 amide bonds. The van der Waals surface area contributed by atoms with Gasteiger partial charge >= 0.3 is 0 Å². The second kappa shape index (κ2) is 4.31. The van der Waals surface area contributed by atoms with Crippen LogP contribution < -0.4 is 0 Å². The summed E-state index contributed by atoms with van der Waals surface area (Å²) in [6, 6.07) is 0. The summed E-state index contributed by atoms with van der Waals surface area (Å²) in [7, 11) is 0. The summed E-state index contributed by atoms with van der Waals surface area (Å²) in [6.45, 7) is 11.6. The smallest absolute Gasteiger partial charge is 0.0175 e. The standard InChI is InChI=1S/C15H26/c1-10(2)13-8-6-12(4)14-7-5-11(3)9-15(13)14/h10-11,13-15H,4-9H2,1-3H3. The third kappa shape index (κ3) is 2.14. The summed E-state index contributed by atoms with van der Waals surface area (Å²) in [5.41, 5.74) is 1.57. The molecule has 0 bridgehead atoms. The molecule has 0 spiro atoms. The second-order valence-electron chi connectivity index (χ2n) is 6.29. The summed E-state index contributed by atoms with van der Waals surface area (Å²) in [4.78, 5) is 0. The highest BCUT2D eigenvalue weighted by Crippen LogP contribution is 2.49. The maximum absolute atomic E-state index is 4.32. The fourth-order valence-corrected chi connectivity index (χ4v) is 3.98. The largest absolute Gasteiger partial charge is 0.0996 e. The maximum atomic E-state index is 4.32. The minimum Gasteiger partial charge on any atom is -0.0996 e. The Kier molecular flexibility index (Phi) is 3.23. The zero-order valence-corrected chi connectivity index (χ0v) is 10.6. The first-order valence-corrected chi connectivity index (χ1v) is 6.77. The molecule has 0 N–H and O–H groups in total. The van der Waals surface area contributed by atoms with E-state index >= 15 is 0 Å². The predicted octanol–water partition coefficient (Wildman–Crippen LogP) is 4.66. The maximum Gasteiger partial charge on any atom is -0.0175 e. The van der Waals surface area contributed by atoms with Gasteiger partial charge in [0.05, 0.1) is 0 Å². The van der Waals surface area contributed by atoms with Crippen LogP contribution in [0.2, 0.25) is 0 Å². The molecule has 0 aliphatic heterocycles. The van der Waals surface area contributed by atoms with E-state index in [2.05, 4.69) is 27.4 Å². The molecule has 0 aromatic heterocycles. The van der Waals surface area contributed by atoms with E-state index in [1.165, 1.54) is 32.1 Å². The van der Waals surface area contributed by atoms with Crippen molar-refractivity contribution in [3.05, 3.63) is 12.2 Å². The van der Waals surface area contributed by atoms with Gasteiger partial charge in [-0.25, -0.2) is 0 Å². The van der Waals surface area contributed by atoms with Crippen LogP contribution >= 0.6 is 0 Å². The van der Waals surface area contributed by atoms with Gasteiger partial charge in [-0.1, -0.05) is 39.3 Å². The van der Waals surface area contributed by atoms with E-state index in [1.54, 1.807) is 5.57 Å². The van der Waals surface area contributed by atoms with Crippen LogP contribution in [0.3, 0.4) is 0 Å². The van der Waals surface area contributed by atoms with Crippen molar-refractivity contribution in [1.29, 1.82) is 0 Å². The topological polar surface area (TPSA) is 0 Å². The lowest BCUT2D eigenvalue weighted by molar-refractivity contribution is 0.0878. The summed E-state index contributed by atoms with van der Waals surface area (Å²) in [5.74, 6) is 4.65. The Bertz CT molecular complexity index is 238. The zero-order valence-electron chi connectivity index (χ0n) is 10.6. The minimum absolute atomic E-state index is 0.871. The summed E-state index contributed by atoms with van der Waals surface area (Å²) in [5, 5.41) is 0. The van der Waals surface area contributed by atoms with Crippen LogP contribution in [0.25, 0.3) is 0 Å². The molecule has 15 heavy (non-hydrogen) atoms. The molecule has 0 radical (unpaired) electrons. The Morgan fingerprint density at radius 1 is 1.20 bits per heavy atom. The SMILES string of the molecule is C=C1CCC(C(C)C)C2CC(C)CCC12. The van der Waals surface area contributed by atoms with Gasteiger partial charge in [0.25, 0.3) is 0 Å². The Morgan fingerprint density at radius 3 is 2.60 bits per heavy atom. The van der Waals surface area contributed by atoms with Crippen LogP contribution in [-0.4, -0.2) is 0 Å². The molecule has 0 nitrogen and oxygen atoms in total. The molecule has 2 rings (SSSR count). The molecule has 2 fully saturated rings. The van der Waals surface area contributed by atoms with E-state index in [1.807, 2.05) is 0 Å². The molecular formula is C15H26. The predicted molar refractivity (Wildman–Crippen MR) is 66.7 cm³/mol. The van der Waals surface area contributed by atoms with Crippen molar-refractivity contribution in [3.8, 4) is 0 Å². The van der Waals surface area contributed by atoms with Crippen molar-refractivity contribution in [2.24, 2.45) is 29.6 Å². The van der Waals surface area contributed by atoms with Gasteiger partial charge in [-0.05, 0) is 55.3 Å². The number of rotatable bonds is 1. The molecular weight excluding hydrogens is 180 g/mol. The van der Waals surface area contributed by atoms with Gasteiger partial charge in [-0.3, -0.25) is 0 Å².